The van der Waals surface area contributed by atoms with Crippen molar-refractivity contribution in [3.63, 3.8) is 0 Å². The molecule has 0 bridgehead atoms. The normalized spacial score (nSPS) is 10.5. The lowest BCUT2D eigenvalue weighted by Crippen LogP contribution is -2.22. The van der Waals surface area contributed by atoms with Gasteiger partial charge < -0.3 is 10.1 Å². The Morgan fingerprint density at radius 2 is 1.94 bits per heavy atom. The van der Waals surface area contributed by atoms with Gasteiger partial charge in [0.15, 0.2) is 0 Å². The maximum absolute atomic E-state index is 5.76. The lowest BCUT2D eigenvalue weighted by Gasteiger charge is -2.11. The molecule has 1 N–H and O–H groups in total. The molecule has 1 aromatic rings. The minimum Gasteiger partial charge on any atom is -0.492 e. The molecular weight excluding hydrogens is 210 g/mol. The molecule has 0 saturated carbocycles. The molecule has 0 aliphatic carbocycles. The van der Waals surface area contributed by atoms with Gasteiger partial charge >= 0.3 is 0 Å². The molecule has 0 unspecified atom stereocenters. The molecule has 96 valence electrons. The van der Waals surface area contributed by atoms with Crippen LogP contribution < -0.4 is 10.1 Å². The fourth-order valence-electron chi connectivity index (χ4n) is 1.74. The van der Waals surface area contributed by atoms with Crippen LogP contribution in [0.1, 0.15) is 37.3 Å². The average Bonchev–Trinajstić information content (AvgIpc) is 2.33. The van der Waals surface area contributed by atoms with Crippen LogP contribution in [-0.2, 0) is 0 Å². The first kappa shape index (κ1) is 14.0. The summed E-state index contributed by atoms with van der Waals surface area (Å²) in [4.78, 5) is 0. The molecule has 1 aromatic carbocycles. The predicted octanol–water partition coefficient (Wildman–Crippen LogP) is 3.46. The topological polar surface area (TPSA) is 21.3 Å². The van der Waals surface area contributed by atoms with Gasteiger partial charge in [-0.3, -0.25) is 0 Å². The van der Waals surface area contributed by atoms with Crippen molar-refractivity contribution in [2.75, 3.05) is 19.7 Å². The van der Waals surface area contributed by atoms with E-state index >= 15 is 0 Å². The van der Waals surface area contributed by atoms with E-state index in [9.17, 15) is 0 Å². The van der Waals surface area contributed by atoms with Crippen molar-refractivity contribution in [3.05, 3.63) is 29.3 Å². The monoisotopic (exact) mass is 235 g/mol. The highest BCUT2D eigenvalue weighted by atomic mass is 16.5. The molecule has 0 atom stereocenters. The number of unbranched alkanes of at least 4 members (excludes halogenated alkanes) is 2. The van der Waals surface area contributed by atoms with Crippen LogP contribution >= 0.6 is 0 Å². The Morgan fingerprint density at radius 3 is 2.71 bits per heavy atom. The Bertz CT molecular complexity index is 323. The first-order chi connectivity index (χ1) is 8.25. The minimum atomic E-state index is 0.746. The van der Waals surface area contributed by atoms with E-state index in [-0.39, 0.29) is 0 Å². The van der Waals surface area contributed by atoms with Crippen molar-refractivity contribution in [1.29, 1.82) is 0 Å². The molecule has 0 aliphatic rings. The molecule has 2 heteroatoms. The van der Waals surface area contributed by atoms with Crippen molar-refractivity contribution in [1.82, 2.24) is 5.32 Å². The Labute approximate surface area is 105 Å². The summed E-state index contributed by atoms with van der Waals surface area (Å²) in [6.45, 7) is 9.23. The van der Waals surface area contributed by atoms with Gasteiger partial charge in [-0.05, 0) is 44.0 Å². The molecule has 0 fully saturated rings. The molecule has 0 spiro atoms. The Morgan fingerprint density at radius 1 is 1.12 bits per heavy atom. The highest BCUT2D eigenvalue weighted by molar-refractivity contribution is 5.38. The van der Waals surface area contributed by atoms with E-state index in [4.69, 9.17) is 4.74 Å². The molecule has 2 nitrogen and oxygen atoms in total. The third-order valence-corrected chi connectivity index (χ3v) is 3.05. The third-order valence-electron chi connectivity index (χ3n) is 3.05. The highest BCUT2D eigenvalue weighted by Gasteiger charge is 2.00. The zero-order chi connectivity index (χ0) is 12.5. The van der Waals surface area contributed by atoms with Crippen molar-refractivity contribution >= 4 is 0 Å². The minimum absolute atomic E-state index is 0.746. The molecule has 0 saturated heterocycles. The predicted molar refractivity (Wildman–Crippen MR) is 73.8 cm³/mol. The maximum Gasteiger partial charge on any atom is 0.122 e. The standard InChI is InChI=1S/C15H25NO/c1-4-5-6-10-16-11-12-17-15-9-7-8-13(2)14(15)3/h7-9,16H,4-6,10-12H2,1-3H3. The zero-order valence-corrected chi connectivity index (χ0v) is 11.4. The third kappa shape index (κ3) is 5.22. The van der Waals surface area contributed by atoms with Gasteiger partial charge in [0.05, 0.1) is 0 Å². The van der Waals surface area contributed by atoms with Gasteiger partial charge in [0, 0.05) is 6.54 Å². The average molecular weight is 235 g/mol. The van der Waals surface area contributed by atoms with Crippen LogP contribution in [0.3, 0.4) is 0 Å². The summed E-state index contributed by atoms with van der Waals surface area (Å²) in [6.07, 6.45) is 3.85. The van der Waals surface area contributed by atoms with Gasteiger partial charge in [-0.1, -0.05) is 31.9 Å². The SMILES string of the molecule is CCCCCNCCOc1cccc(C)c1C. The lowest BCUT2D eigenvalue weighted by atomic mass is 10.1. The zero-order valence-electron chi connectivity index (χ0n) is 11.4. The summed E-state index contributed by atoms with van der Waals surface area (Å²) in [6, 6.07) is 6.21. The fourth-order valence-corrected chi connectivity index (χ4v) is 1.74. The molecule has 0 radical (unpaired) electrons. The van der Waals surface area contributed by atoms with Crippen LogP contribution in [0.25, 0.3) is 0 Å². The van der Waals surface area contributed by atoms with E-state index in [2.05, 4.69) is 32.2 Å². The number of benzene rings is 1. The van der Waals surface area contributed by atoms with Gasteiger partial charge in [0.1, 0.15) is 12.4 Å². The van der Waals surface area contributed by atoms with Gasteiger partial charge in [0.25, 0.3) is 0 Å². The van der Waals surface area contributed by atoms with Gasteiger partial charge in [-0.25, -0.2) is 0 Å². The van der Waals surface area contributed by atoms with E-state index < -0.39 is 0 Å². The summed E-state index contributed by atoms with van der Waals surface area (Å²) >= 11 is 0. The van der Waals surface area contributed by atoms with Crippen molar-refractivity contribution < 1.29 is 4.74 Å². The fraction of sp³-hybridized carbons (Fsp3) is 0.600. The van der Waals surface area contributed by atoms with Gasteiger partial charge in [-0.15, -0.1) is 0 Å². The summed E-state index contributed by atoms with van der Waals surface area (Å²) in [5.74, 6) is 1.01. The second-order valence-corrected chi connectivity index (χ2v) is 4.50. The van der Waals surface area contributed by atoms with Crippen LogP contribution in [0, 0.1) is 13.8 Å². The van der Waals surface area contributed by atoms with Crippen LogP contribution in [0.15, 0.2) is 18.2 Å². The van der Waals surface area contributed by atoms with E-state index in [1.165, 1.54) is 30.4 Å². The van der Waals surface area contributed by atoms with E-state index in [0.29, 0.717) is 0 Å². The van der Waals surface area contributed by atoms with Gasteiger partial charge in [0.2, 0.25) is 0 Å². The number of rotatable bonds is 8. The number of hydrogen-bond donors (Lipinski definition) is 1. The summed E-state index contributed by atoms with van der Waals surface area (Å²) in [7, 11) is 0. The number of nitrogens with one attached hydrogen (secondary N) is 1. The molecular formula is C15H25NO. The second kappa shape index (κ2) is 8.13. The summed E-state index contributed by atoms with van der Waals surface area (Å²) in [5, 5.41) is 3.40. The van der Waals surface area contributed by atoms with Crippen LogP contribution in [0.2, 0.25) is 0 Å². The molecule has 0 heterocycles. The Balaban J connectivity index is 2.16. The summed E-state index contributed by atoms with van der Waals surface area (Å²) in [5.41, 5.74) is 2.54. The molecule has 0 amide bonds. The molecule has 17 heavy (non-hydrogen) atoms. The second-order valence-electron chi connectivity index (χ2n) is 4.50. The Kier molecular flexibility index (Phi) is 6.71. The lowest BCUT2D eigenvalue weighted by molar-refractivity contribution is 0.311. The van der Waals surface area contributed by atoms with Crippen LogP contribution in [0.4, 0.5) is 0 Å². The molecule has 0 aromatic heterocycles. The van der Waals surface area contributed by atoms with Crippen molar-refractivity contribution in [3.8, 4) is 5.75 Å². The molecule has 1 rings (SSSR count). The number of aryl methyl sites for hydroxylation is 1. The van der Waals surface area contributed by atoms with Crippen LogP contribution in [0.5, 0.6) is 5.75 Å². The van der Waals surface area contributed by atoms with Gasteiger partial charge in [-0.2, -0.15) is 0 Å². The first-order valence-electron chi connectivity index (χ1n) is 6.65. The van der Waals surface area contributed by atoms with Crippen molar-refractivity contribution in [2.45, 2.75) is 40.0 Å². The smallest absolute Gasteiger partial charge is 0.122 e. The van der Waals surface area contributed by atoms with E-state index in [0.717, 1.165) is 25.4 Å². The van der Waals surface area contributed by atoms with E-state index in [1.54, 1.807) is 0 Å². The highest BCUT2D eigenvalue weighted by Crippen LogP contribution is 2.20. The quantitative estimate of drug-likeness (QED) is 0.697. The first-order valence-corrected chi connectivity index (χ1v) is 6.65. The summed E-state index contributed by atoms with van der Waals surface area (Å²) < 4.78 is 5.76. The Hall–Kier alpha value is -1.02. The van der Waals surface area contributed by atoms with Crippen molar-refractivity contribution in [2.24, 2.45) is 0 Å². The maximum atomic E-state index is 5.76. The van der Waals surface area contributed by atoms with Crippen LogP contribution in [-0.4, -0.2) is 19.7 Å². The van der Waals surface area contributed by atoms with E-state index in [1.807, 2.05) is 12.1 Å². The largest absolute Gasteiger partial charge is 0.492 e. The number of ether oxygens (including phenoxy) is 1. The number of hydrogen-bond acceptors (Lipinski definition) is 2. The molecule has 0 aliphatic heterocycles.